The van der Waals surface area contributed by atoms with Crippen LogP contribution in [0.3, 0.4) is 0 Å². The number of rotatable bonds is 4. The summed E-state index contributed by atoms with van der Waals surface area (Å²) in [5.74, 6) is 5.33. The summed E-state index contributed by atoms with van der Waals surface area (Å²) in [6.45, 7) is 2.05. The molecular weight excluding hydrogens is 227 g/mol. The van der Waals surface area contributed by atoms with Crippen LogP contribution >= 0.6 is 0 Å². The van der Waals surface area contributed by atoms with Gasteiger partial charge < -0.3 is 0 Å². The van der Waals surface area contributed by atoms with Crippen molar-refractivity contribution in [2.75, 3.05) is 0 Å². The van der Waals surface area contributed by atoms with E-state index in [1.54, 1.807) is 6.07 Å². The van der Waals surface area contributed by atoms with E-state index in [-0.39, 0.29) is 11.9 Å². The molecule has 0 bridgehead atoms. The van der Waals surface area contributed by atoms with Gasteiger partial charge >= 0.3 is 0 Å². The predicted octanol–water partition coefficient (Wildman–Crippen LogP) is 2.88. The molecule has 18 heavy (non-hydrogen) atoms. The number of hydrogen-bond donors (Lipinski definition) is 2. The maximum Gasteiger partial charge on any atom is 0.123 e. The lowest BCUT2D eigenvalue weighted by Gasteiger charge is -2.16. The Hall–Kier alpha value is -1.71. The largest absolute Gasteiger partial charge is 0.271 e. The zero-order chi connectivity index (χ0) is 13.0. The Balaban J connectivity index is 2.19. The highest BCUT2D eigenvalue weighted by Crippen LogP contribution is 2.19. The van der Waals surface area contributed by atoms with Crippen LogP contribution in [-0.4, -0.2) is 0 Å². The van der Waals surface area contributed by atoms with Gasteiger partial charge in [-0.25, -0.2) is 4.39 Å². The fourth-order valence-electron chi connectivity index (χ4n) is 2.07. The summed E-state index contributed by atoms with van der Waals surface area (Å²) in [7, 11) is 0. The highest BCUT2D eigenvalue weighted by molar-refractivity contribution is 5.26. The first-order valence-electron chi connectivity index (χ1n) is 5.96. The minimum Gasteiger partial charge on any atom is -0.271 e. The van der Waals surface area contributed by atoms with Gasteiger partial charge in [0.2, 0.25) is 0 Å². The molecule has 3 N–H and O–H groups in total. The maximum absolute atomic E-state index is 13.2. The Labute approximate surface area is 107 Å². The maximum atomic E-state index is 13.2. The number of aryl methyl sites for hydroxylation is 1. The van der Waals surface area contributed by atoms with Crippen molar-refractivity contribution in [3.63, 3.8) is 0 Å². The molecule has 0 amide bonds. The number of benzene rings is 2. The number of halogens is 1. The Kier molecular flexibility index (Phi) is 4.07. The summed E-state index contributed by atoms with van der Waals surface area (Å²) < 4.78 is 13.2. The fraction of sp³-hybridized carbons (Fsp3) is 0.200. The average molecular weight is 244 g/mol. The molecule has 0 aromatic heterocycles. The first-order valence-corrected chi connectivity index (χ1v) is 5.96. The molecule has 0 spiro atoms. The van der Waals surface area contributed by atoms with Gasteiger partial charge in [-0.1, -0.05) is 42.0 Å². The average Bonchev–Trinajstić information content (AvgIpc) is 2.36. The second-order valence-corrected chi connectivity index (χ2v) is 4.47. The topological polar surface area (TPSA) is 38.0 Å². The Morgan fingerprint density at radius 2 is 1.94 bits per heavy atom. The summed E-state index contributed by atoms with van der Waals surface area (Å²) >= 11 is 0. The van der Waals surface area contributed by atoms with Crippen LogP contribution in [0.4, 0.5) is 4.39 Å². The molecule has 2 aromatic rings. The first kappa shape index (κ1) is 12.7. The monoisotopic (exact) mass is 244 g/mol. The van der Waals surface area contributed by atoms with Crippen LogP contribution < -0.4 is 11.3 Å². The van der Waals surface area contributed by atoms with Gasteiger partial charge in [-0.3, -0.25) is 11.3 Å². The molecule has 0 heterocycles. The van der Waals surface area contributed by atoms with Crippen LogP contribution in [-0.2, 0) is 6.42 Å². The van der Waals surface area contributed by atoms with Crippen LogP contribution in [0.1, 0.15) is 22.7 Å². The van der Waals surface area contributed by atoms with Gasteiger partial charge in [0.05, 0.1) is 6.04 Å². The van der Waals surface area contributed by atoms with Crippen molar-refractivity contribution in [2.24, 2.45) is 5.84 Å². The smallest absolute Gasteiger partial charge is 0.123 e. The van der Waals surface area contributed by atoms with E-state index in [0.717, 1.165) is 12.0 Å². The zero-order valence-corrected chi connectivity index (χ0v) is 10.4. The van der Waals surface area contributed by atoms with E-state index in [9.17, 15) is 4.39 Å². The molecule has 0 radical (unpaired) electrons. The second kappa shape index (κ2) is 5.76. The molecule has 0 aliphatic heterocycles. The Morgan fingerprint density at radius 1 is 1.17 bits per heavy atom. The van der Waals surface area contributed by atoms with Gasteiger partial charge in [-0.15, -0.1) is 0 Å². The molecule has 0 fully saturated rings. The molecule has 0 aliphatic rings. The van der Waals surface area contributed by atoms with Crippen molar-refractivity contribution < 1.29 is 4.39 Å². The van der Waals surface area contributed by atoms with Gasteiger partial charge in [0.1, 0.15) is 5.82 Å². The molecule has 1 atom stereocenters. The van der Waals surface area contributed by atoms with Gasteiger partial charge in [0, 0.05) is 0 Å². The zero-order valence-electron chi connectivity index (χ0n) is 10.4. The van der Waals surface area contributed by atoms with Gasteiger partial charge in [0.25, 0.3) is 0 Å². The van der Waals surface area contributed by atoms with Gasteiger partial charge in [-0.05, 0) is 36.6 Å². The Morgan fingerprint density at radius 3 is 2.61 bits per heavy atom. The summed E-state index contributed by atoms with van der Waals surface area (Å²) in [6, 6.07) is 14.7. The van der Waals surface area contributed by atoms with E-state index in [1.807, 2.05) is 12.1 Å². The van der Waals surface area contributed by atoms with Crippen LogP contribution in [0.15, 0.2) is 48.5 Å². The van der Waals surface area contributed by atoms with Crippen molar-refractivity contribution in [1.29, 1.82) is 0 Å². The molecule has 2 rings (SSSR count). The summed E-state index contributed by atoms with van der Waals surface area (Å²) in [5, 5.41) is 0. The van der Waals surface area contributed by atoms with Crippen LogP contribution in [0.2, 0.25) is 0 Å². The lowest BCUT2D eigenvalue weighted by atomic mass is 9.98. The normalized spacial score (nSPS) is 12.4. The third-order valence-corrected chi connectivity index (χ3v) is 2.97. The van der Waals surface area contributed by atoms with Gasteiger partial charge in [-0.2, -0.15) is 0 Å². The van der Waals surface area contributed by atoms with Crippen LogP contribution in [0, 0.1) is 12.7 Å². The van der Waals surface area contributed by atoms with Crippen LogP contribution in [0.25, 0.3) is 0 Å². The molecule has 3 heteroatoms. The number of nitrogens with one attached hydrogen (secondary N) is 1. The third kappa shape index (κ3) is 3.15. The first-order chi connectivity index (χ1) is 8.69. The molecular formula is C15H17FN2. The lowest BCUT2D eigenvalue weighted by Crippen LogP contribution is -2.29. The minimum atomic E-state index is -0.239. The number of hydrazine groups is 1. The molecule has 94 valence electrons. The van der Waals surface area contributed by atoms with Crippen molar-refractivity contribution >= 4 is 0 Å². The second-order valence-electron chi connectivity index (χ2n) is 4.47. The Bertz CT molecular complexity index is 525. The van der Waals surface area contributed by atoms with Crippen LogP contribution in [0.5, 0.6) is 0 Å². The highest BCUT2D eigenvalue weighted by Gasteiger charge is 2.11. The molecule has 0 saturated carbocycles. The molecule has 1 unspecified atom stereocenters. The number of nitrogens with two attached hydrogens (primary N) is 1. The lowest BCUT2D eigenvalue weighted by molar-refractivity contribution is 0.544. The van der Waals surface area contributed by atoms with E-state index in [2.05, 4.69) is 30.5 Å². The van der Waals surface area contributed by atoms with E-state index >= 15 is 0 Å². The van der Waals surface area contributed by atoms with Crippen molar-refractivity contribution in [3.8, 4) is 0 Å². The standard InChI is InChI=1S/C15H17FN2/c1-11-4-2-5-12(8-11)9-15(18-17)13-6-3-7-14(16)10-13/h2-8,10,15,18H,9,17H2,1H3. The van der Waals surface area contributed by atoms with Crippen molar-refractivity contribution in [2.45, 2.75) is 19.4 Å². The van der Waals surface area contributed by atoms with E-state index in [1.165, 1.54) is 23.3 Å². The molecule has 2 aromatic carbocycles. The van der Waals surface area contributed by atoms with E-state index in [0.29, 0.717) is 0 Å². The highest BCUT2D eigenvalue weighted by atomic mass is 19.1. The molecule has 0 aliphatic carbocycles. The van der Waals surface area contributed by atoms with Gasteiger partial charge in [0.15, 0.2) is 0 Å². The van der Waals surface area contributed by atoms with Crippen molar-refractivity contribution in [1.82, 2.24) is 5.43 Å². The van der Waals surface area contributed by atoms with E-state index in [4.69, 9.17) is 5.84 Å². The third-order valence-electron chi connectivity index (χ3n) is 2.97. The number of hydrogen-bond acceptors (Lipinski definition) is 2. The summed E-state index contributed by atoms with van der Waals surface area (Å²) in [6.07, 6.45) is 0.738. The predicted molar refractivity (Wildman–Crippen MR) is 71.3 cm³/mol. The van der Waals surface area contributed by atoms with Crippen molar-refractivity contribution in [3.05, 3.63) is 71.0 Å². The minimum absolute atomic E-state index is 0.0810. The summed E-state index contributed by atoms with van der Waals surface area (Å²) in [4.78, 5) is 0. The van der Waals surface area contributed by atoms with E-state index < -0.39 is 0 Å². The molecule has 2 nitrogen and oxygen atoms in total. The SMILES string of the molecule is Cc1cccc(CC(NN)c2cccc(F)c2)c1. The summed E-state index contributed by atoms with van der Waals surface area (Å²) in [5.41, 5.74) is 6.00. The molecule has 0 saturated heterocycles. The quantitative estimate of drug-likeness (QED) is 0.641. The fourth-order valence-corrected chi connectivity index (χ4v) is 2.07.